The Morgan fingerprint density at radius 1 is 1.33 bits per heavy atom. The molecule has 0 fully saturated rings. The molecule has 0 aliphatic rings. The molecule has 0 spiro atoms. The maximum Gasteiger partial charge on any atom is 0.220 e. The van der Waals surface area contributed by atoms with Gasteiger partial charge in [-0.05, 0) is 30.7 Å². The molecule has 112 valence electrons. The van der Waals surface area contributed by atoms with Crippen molar-refractivity contribution in [3.05, 3.63) is 35.3 Å². The number of nitrogens with zero attached hydrogens (tertiary/aromatic N) is 1. The molecule has 0 bridgehead atoms. The average Bonchev–Trinajstić information content (AvgIpc) is 3.00. The van der Waals surface area contributed by atoms with E-state index in [1.54, 1.807) is 18.4 Å². The fourth-order valence-electron chi connectivity index (χ4n) is 1.87. The van der Waals surface area contributed by atoms with Gasteiger partial charge in [0.2, 0.25) is 5.91 Å². The highest BCUT2D eigenvalue weighted by Gasteiger charge is 2.06. The zero-order valence-electron chi connectivity index (χ0n) is 12.4. The number of hydrogen-bond acceptors (Lipinski definition) is 4. The lowest BCUT2D eigenvalue weighted by Gasteiger charge is -2.02. The molecule has 0 saturated carbocycles. The summed E-state index contributed by atoms with van der Waals surface area (Å²) in [4.78, 5) is 16.1. The van der Waals surface area contributed by atoms with E-state index in [4.69, 9.17) is 4.74 Å². The minimum Gasteiger partial charge on any atom is -0.497 e. The van der Waals surface area contributed by atoms with Crippen molar-refractivity contribution in [1.82, 2.24) is 10.3 Å². The number of unbranched alkanes of at least 4 members (excludes halogenated alkanes) is 1. The number of ether oxygens (including phenoxy) is 1. The number of aromatic nitrogens is 1. The molecule has 21 heavy (non-hydrogen) atoms. The number of benzene rings is 1. The molecule has 0 atom stereocenters. The van der Waals surface area contributed by atoms with E-state index in [0.717, 1.165) is 34.9 Å². The highest BCUT2D eigenvalue weighted by molar-refractivity contribution is 7.13. The van der Waals surface area contributed by atoms with Gasteiger partial charge in [-0.25, -0.2) is 4.98 Å². The normalized spacial score (nSPS) is 10.4. The van der Waals surface area contributed by atoms with Gasteiger partial charge in [0.15, 0.2) is 0 Å². The highest BCUT2D eigenvalue weighted by atomic mass is 32.1. The Balaban J connectivity index is 1.92. The van der Waals surface area contributed by atoms with E-state index < -0.39 is 0 Å². The summed E-state index contributed by atoms with van der Waals surface area (Å²) in [6.45, 7) is 2.57. The topological polar surface area (TPSA) is 51.2 Å². The Kier molecular flexibility index (Phi) is 5.75. The SMILES string of the molecule is CCCCC(=O)NCc1csc(-c2ccc(OC)cc2)n1. The van der Waals surface area contributed by atoms with Crippen molar-refractivity contribution < 1.29 is 9.53 Å². The summed E-state index contributed by atoms with van der Waals surface area (Å²) in [5.41, 5.74) is 1.96. The third kappa shape index (κ3) is 4.56. The minimum absolute atomic E-state index is 0.0934. The highest BCUT2D eigenvalue weighted by Crippen LogP contribution is 2.25. The lowest BCUT2D eigenvalue weighted by atomic mass is 10.2. The standard InChI is InChI=1S/C16H20N2O2S/c1-3-4-5-15(19)17-10-13-11-21-16(18-13)12-6-8-14(20-2)9-7-12/h6-9,11H,3-5,10H2,1-2H3,(H,17,19). The molecular weight excluding hydrogens is 284 g/mol. The van der Waals surface area contributed by atoms with Gasteiger partial charge in [0, 0.05) is 17.4 Å². The molecule has 5 heteroatoms. The Morgan fingerprint density at radius 3 is 2.76 bits per heavy atom. The monoisotopic (exact) mass is 304 g/mol. The van der Waals surface area contributed by atoms with Crippen LogP contribution in [-0.4, -0.2) is 18.0 Å². The molecule has 2 rings (SSSR count). The molecule has 0 radical (unpaired) electrons. The van der Waals surface area contributed by atoms with Gasteiger partial charge in [0.1, 0.15) is 10.8 Å². The first-order valence-electron chi connectivity index (χ1n) is 7.08. The molecule has 2 aromatic rings. The lowest BCUT2D eigenvalue weighted by Crippen LogP contribution is -2.22. The Labute approximate surface area is 129 Å². The zero-order chi connectivity index (χ0) is 15.1. The molecule has 4 nitrogen and oxygen atoms in total. The van der Waals surface area contributed by atoms with E-state index in [-0.39, 0.29) is 5.91 Å². The Hall–Kier alpha value is -1.88. The first-order chi connectivity index (χ1) is 10.2. The molecule has 0 aliphatic carbocycles. The van der Waals surface area contributed by atoms with Crippen LogP contribution in [0.25, 0.3) is 10.6 Å². The quantitative estimate of drug-likeness (QED) is 0.850. The number of nitrogens with one attached hydrogen (secondary N) is 1. The summed E-state index contributed by atoms with van der Waals surface area (Å²) in [6.07, 6.45) is 2.55. The second kappa shape index (κ2) is 7.78. The van der Waals surface area contributed by atoms with Gasteiger partial charge < -0.3 is 10.1 Å². The molecule has 1 N–H and O–H groups in total. The van der Waals surface area contributed by atoms with Crippen LogP contribution in [0.2, 0.25) is 0 Å². The number of thiazole rings is 1. The van der Waals surface area contributed by atoms with E-state index in [1.807, 2.05) is 29.6 Å². The van der Waals surface area contributed by atoms with E-state index in [1.165, 1.54) is 0 Å². The van der Waals surface area contributed by atoms with Crippen molar-refractivity contribution >= 4 is 17.2 Å². The number of carbonyl (C=O) groups is 1. The van der Waals surface area contributed by atoms with Gasteiger partial charge in [0.25, 0.3) is 0 Å². The second-order valence-corrected chi connectivity index (χ2v) is 5.61. The summed E-state index contributed by atoms with van der Waals surface area (Å²) in [7, 11) is 1.65. The summed E-state index contributed by atoms with van der Waals surface area (Å²) >= 11 is 1.58. The minimum atomic E-state index is 0.0934. The van der Waals surface area contributed by atoms with Gasteiger partial charge in [-0.3, -0.25) is 4.79 Å². The van der Waals surface area contributed by atoms with Gasteiger partial charge in [-0.2, -0.15) is 0 Å². The molecule has 1 aromatic heterocycles. The van der Waals surface area contributed by atoms with Crippen LogP contribution in [0.5, 0.6) is 5.75 Å². The second-order valence-electron chi connectivity index (χ2n) is 4.75. The van der Waals surface area contributed by atoms with E-state index in [0.29, 0.717) is 13.0 Å². The smallest absolute Gasteiger partial charge is 0.220 e. The van der Waals surface area contributed by atoms with Crippen LogP contribution in [0.1, 0.15) is 31.9 Å². The molecule has 0 unspecified atom stereocenters. The number of methoxy groups -OCH3 is 1. The van der Waals surface area contributed by atoms with Gasteiger partial charge >= 0.3 is 0 Å². The summed E-state index contributed by atoms with van der Waals surface area (Å²) in [5.74, 6) is 0.926. The lowest BCUT2D eigenvalue weighted by molar-refractivity contribution is -0.121. The average molecular weight is 304 g/mol. The van der Waals surface area contributed by atoms with E-state index in [9.17, 15) is 4.79 Å². The van der Waals surface area contributed by atoms with E-state index in [2.05, 4.69) is 17.2 Å². The van der Waals surface area contributed by atoms with Crippen LogP contribution >= 0.6 is 11.3 Å². The molecular formula is C16H20N2O2S. The third-order valence-corrected chi connectivity index (χ3v) is 4.05. The molecule has 1 heterocycles. The maximum absolute atomic E-state index is 11.6. The molecule has 0 aliphatic heterocycles. The summed E-state index contributed by atoms with van der Waals surface area (Å²) in [6, 6.07) is 7.81. The van der Waals surface area contributed by atoms with Crippen LogP contribution < -0.4 is 10.1 Å². The van der Waals surface area contributed by atoms with Crippen molar-refractivity contribution in [2.75, 3.05) is 7.11 Å². The van der Waals surface area contributed by atoms with E-state index >= 15 is 0 Å². The fourth-order valence-corrected chi connectivity index (χ4v) is 2.70. The summed E-state index contributed by atoms with van der Waals surface area (Å²) < 4.78 is 5.14. The van der Waals surface area contributed by atoms with Crippen LogP contribution in [0.4, 0.5) is 0 Å². The van der Waals surface area contributed by atoms with Crippen LogP contribution in [0.15, 0.2) is 29.6 Å². The van der Waals surface area contributed by atoms with Crippen LogP contribution in [0.3, 0.4) is 0 Å². The van der Waals surface area contributed by atoms with Crippen LogP contribution in [-0.2, 0) is 11.3 Å². The molecule has 1 aromatic carbocycles. The molecule has 0 saturated heterocycles. The van der Waals surface area contributed by atoms with Gasteiger partial charge in [-0.1, -0.05) is 13.3 Å². The van der Waals surface area contributed by atoms with Crippen molar-refractivity contribution in [2.24, 2.45) is 0 Å². The van der Waals surface area contributed by atoms with Crippen molar-refractivity contribution in [1.29, 1.82) is 0 Å². The first kappa shape index (κ1) is 15.5. The zero-order valence-corrected chi connectivity index (χ0v) is 13.2. The van der Waals surface area contributed by atoms with Gasteiger partial charge in [0.05, 0.1) is 19.3 Å². The van der Waals surface area contributed by atoms with Crippen LogP contribution in [0, 0.1) is 0 Å². The number of hydrogen-bond donors (Lipinski definition) is 1. The van der Waals surface area contributed by atoms with Crippen molar-refractivity contribution in [3.63, 3.8) is 0 Å². The van der Waals surface area contributed by atoms with Crippen molar-refractivity contribution in [3.8, 4) is 16.3 Å². The fraction of sp³-hybridized carbons (Fsp3) is 0.375. The number of amides is 1. The number of rotatable bonds is 7. The predicted molar refractivity (Wildman–Crippen MR) is 85.5 cm³/mol. The first-order valence-corrected chi connectivity index (χ1v) is 7.96. The number of carbonyl (C=O) groups excluding carboxylic acids is 1. The Morgan fingerprint density at radius 2 is 2.10 bits per heavy atom. The third-order valence-electron chi connectivity index (χ3n) is 3.11. The predicted octanol–water partition coefficient (Wildman–Crippen LogP) is 3.63. The summed E-state index contributed by atoms with van der Waals surface area (Å²) in [5, 5.41) is 5.84. The maximum atomic E-state index is 11.6. The molecule has 1 amide bonds. The van der Waals surface area contributed by atoms with Gasteiger partial charge in [-0.15, -0.1) is 11.3 Å². The van der Waals surface area contributed by atoms with Crippen molar-refractivity contribution in [2.45, 2.75) is 32.7 Å². The Bertz CT molecular complexity index is 578. The largest absolute Gasteiger partial charge is 0.497 e.